The van der Waals surface area contributed by atoms with E-state index < -0.39 is 6.35 Å². The van der Waals surface area contributed by atoms with Gasteiger partial charge in [-0.25, -0.2) is 0 Å². The summed E-state index contributed by atoms with van der Waals surface area (Å²) in [6.45, 7) is 7.73. The second-order valence-corrected chi connectivity index (χ2v) is 6.77. The highest BCUT2D eigenvalue weighted by Crippen LogP contribution is 2.35. The van der Waals surface area contributed by atoms with Gasteiger partial charge in [-0.2, -0.15) is 4.99 Å². The molecule has 0 amide bonds. The minimum atomic E-state index is -0.712. The van der Waals surface area contributed by atoms with Crippen molar-refractivity contribution < 1.29 is 33.2 Å². The van der Waals surface area contributed by atoms with Gasteiger partial charge in [0.15, 0.2) is 12.5 Å². The summed E-state index contributed by atoms with van der Waals surface area (Å²) in [6.07, 6.45) is -1.86. The number of aliphatic imine (C=N–C) groups is 2. The zero-order valence-corrected chi connectivity index (χ0v) is 14.4. The Kier molecular flexibility index (Phi) is 3.48. The van der Waals surface area contributed by atoms with Crippen LogP contribution in [-0.2, 0) is 33.2 Å². The lowest BCUT2D eigenvalue weighted by molar-refractivity contribution is -0.0911. The first kappa shape index (κ1) is 15.8. The van der Waals surface area contributed by atoms with E-state index in [1.165, 1.54) is 0 Å². The molecule has 5 rings (SSSR count). The van der Waals surface area contributed by atoms with E-state index in [4.69, 9.17) is 33.2 Å². The molecule has 0 radical (unpaired) electrons. The fourth-order valence-corrected chi connectivity index (χ4v) is 2.58. The quantitative estimate of drug-likeness (QED) is 0.650. The molecule has 9 unspecified atom stereocenters. The zero-order valence-electron chi connectivity index (χ0n) is 14.4. The third-order valence-corrected chi connectivity index (χ3v) is 4.49. The van der Waals surface area contributed by atoms with Crippen LogP contribution in [0, 0.1) is 0 Å². The summed E-state index contributed by atoms with van der Waals surface area (Å²) in [5.41, 5.74) is 0. The maximum Gasteiger partial charge on any atom is 0.322 e. The number of hydrogen-bond acceptors (Lipinski definition) is 10. The maximum absolute atomic E-state index is 5.91. The second kappa shape index (κ2) is 5.52. The Hall–Kier alpha value is -1.46. The Morgan fingerprint density at radius 1 is 0.800 bits per heavy atom. The fourth-order valence-electron chi connectivity index (χ4n) is 2.58. The molecule has 0 aliphatic carbocycles. The van der Waals surface area contributed by atoms with Crippen molar-refractivity contribution in [1.82, 2.24) is 4.90 Å². The van der Waals surface area contributed by atoms with Crippen LogP contribution in [0.5, 0.6) is 0 Å². The summed E-state index contributed by atoms with van der Waals surface area (Å²) in [5, 5.41) is 0. The summed E-state index contributed by atoms with van der Waals surface area (Å²) < 4.78 is 39.0. The molecule has 5 heterocycles. The average Bonchev–Trinajstić information content (AvgIpc) is 3.42. The SMILES string of the molecule is CC1OC1OC1=NC(OC2OC2C)N(C2OC2C)C(OC2OC2C)=N1. The summed E-state index contributed by atoms with van der Waals surface area (Å²) >= 11 is 0. The van der Waals surface area contributed by atoms with Gasteiger partial charge < -0.3 is 33.2 Å². The van der Waals surface area contributed by atoms with Crippen molar-refractivity contribution in [2.24, 2.45) is 9.98 Å². The molecule has 5 aliphatic rings. The molecule has 0 aromatic heterocycles. The van der Waals surface area contributed by atoms with Crippen molar-refractivity contribution in [2.75, 3.05) is 0 Å². The van der Waals surface area contributed by atoms with Gasteiger partial charge in [-0.1, -0.05) is 0 Å². The smallest absolute Gasteiger partial charge is 0.322 e. The Balaban J connectivity index is 1.38. The van der Waals surface area contributed by atoms with Crippen LogP contribution in [0.1, 0.15) is 27.7 Å². The van der Waals surface area contributed by atoms with Crippen LogP contribution >= 0.6 is 0 Å². The van der Waals surface area contributed by atoms with Gasteiger partial charge in [0.1, 0.15) is 24.4 Å². The van der Waals surface area contributed by atoms with Crippen LogP contribution in [0.4, 0.5) is 0 Å². The van der Waals surface area contributed by atoms with E-state index in [1.54, 1.807) is 4.90 Å². The number of ether oxygens (including phenoxy) is 7. The summed E-state index contributed by atoms with van der Waals surface area (Å²) in [5.74, 6) is 0. The number of rotatable bonds is 5. The van der Waals surface area contributed by atoms with E-state index in [1.807, 2.05) is 27.7 Å². The minimum Gasteiger partial charge on any atom is -0.432 e. The van der Waals surface area contributed by atoms with Gasteiger partial charge in [0.2, 0.25) is 18.9 Å². The van der Waals surface area contributed by atoms with Crippen molar-refractivity contribution >= 4 is 12.0 Å². The number of epoxide rings is 4. The van der Waals surface area contributed by atoms with Gasteiger partial charge >= 0.3 is 12.0 Å². The van der Waals surface area contributed by atoms with Gasteiger partial charge in [0.05, 0.1) is 0 Å². The zero-order chi connectivity index (χ0) is 17.3. The third-order valence-electron chi connectivity index (χ3n) is 4.49. The van der Waals surface area contributed by atoms with Gasteiger partial charge in [-0.3, -0.25) is 4.90 Å². The lowest BCUT2D eigenvalue weighted by atomic mass is 10.4. The molecule has 0 bridgehead atoms. The van der Waals surface area contributed by atoms with Crippen LogP contribution in [0.25, 0.3) is 0 Å². The molecule has 4 fully saturated rings. The molecule has 0 spiro atoms. The van der Waals surface area contributed by atoms with E-state index in [-0.39, 0.29) is 55.5 Å². The van der Waals surface area contributed by atoms with Crippen LogP contribution in [0.3, 0.4) is 0 Å². The van der Waals surface area contributed by atoms with Gasteiger partial charge in [0.25, 0.3) is 0 Å². The highest BCUT2D eigenvalue weighted by atomic mass is 16.8. The summed E-state index contributed by atoms with van der Waals surface area (Å²) in [6, 6.07) is 0.459. The number of hydrogen-bond donors (Lipinski definition) is 0. The number of amidine groups is 2. The molecule has 10 nitrogen and oxygen atoms in total. The molecule has 9 atom stereocenters. The Morgan fingerprint density at radius 2 is 1.36 bits per heavy atom. The lowest BCUT2D eigenvalue weighted by Gasteiger charge is -2.31. The Bertz CT molecular complexity index is 628. The first-order valence-corrected chi connectivity index (χ1v) is 8.55. The molecule has 0 N–H and O–H groups in total. The second-order valence-electron chi connectivity index (χ2n) is 6.77. The molecule has 0 aromatic rings. The topological polar surface area (TPSA) is 106 Å². The molecule has 25 heavy (non-hydrogen) atoms. The van der Waals surface area contributed by atoms with Gasteiger partial charge in [-0.05, 0) is 27.7 Å². The van der Waals surface area contributed by atoms with Crippen molar-refractivity contribution in [3.63, 3.8) is 0 Å². The fraction of sp³-hybridized carbons (Fsp3) is 0.867. The molecule has 0 saturated carbocycles. The predicted molar refractivity (Wildman–Crippen MR) is 81.1 cm³/mol. The summed E-state index contributed by atoms with van der Waals surface area (Å²) in [7, 11) is 0. The Labute approximate surface area is 144 Å². The van der Waals surface area contributed by atoms with E-state index in [0.29, 0.717) is 6.02 Å². The van der Waals surface area contributed by atoms with Crippen LogP contribution in [0.2, 0.25) is 0 Å². The van der Waals surface area contributed by atoms with Crippen molar-refractivity contribution in [1.29, 1.82) is 0 Å². The van der Waals surface area contributed by atoms with E-state index in [2.05, 4.69) is 9.98 Å². The van der Waals surface area contributed by atoms with E-state index >= 15 is 0 Å². The first-order chi connectivity index (χ1) is 12.0. The third kappa shape index (κ3) is 3.20. The highest BCUT2D eigenvalue weighted by Gasteiger charge is 2.52. The van der Waals surface area contributed by atoms with E-state index in [0.717, 1.165) is 0 Å². The standard InChI is InChI=1S/C15H21N3O7/c1-5-9(19-5)18-14(24-11-7(3)21-11)16-13(23-10-6(2)20-10)17-15(18)25-12-8(4)22-12/h5-12,14H,1-4H3. The van der Waals surface area contributed by atoms with Crippen LogP contribution in [0.15, 0.2) is 9.98 Å². The molecule has 4 saturated heterocycles. The van der Waals surface area contributed by atoms with Gasteiger partial charge in [0, 0.05) is 0 Å². The highest BCUT2D eigenvalue weighted by molar-refractivity contribution is 5.91. The van der Waals surface area contributed by atoms with Gasteiger partial charge in [-0.15, -0.1) is 4.99 Å². The predicted octanol–water partition coefficient (Wildman–Crippen LogP) is 0.327. The maximum atomic E-state index is 5.91. The monoisotopic (exact) mass is 355 g/mol. The van der Waals surface area contributed by atoms with Crippen molar-refractivity contribution in [3.8, 4) is 0 Å². The van der Waals surface area contributed by atoms with Crippen LogP contribution < -0.4 is 0 Å². The number of nitrogens with zero attached hydrogens (tertiary/aromatic N) is 3. The Morgan fingerprint density at radius 3 is 1.88 bits per heavy atom. The largest absolute Gasteiger partial charge is 0.432 e. The molecule has 10 heteroatoms. The first-order valence-electron chi connectivity index (χ1n) is 8.55. The van der Waals surface area contributed by atoms with E-state index in [9.17, 15) is 0 Å². The molecular formula is C15H21N3O7. The molecular weight excluding hydrogens is 334 g/mol. The lowest BCUT2D eigenvalue weighted by Crippen LogP contribution is -2.49. The molecule has 5 aliphatic heterocycles. The van der Waals surface area contributed by atoms with Crippen LogP contribution in [-0.4, -0.2) is 72.8 Å². The van der Waals surface area contributed by atoms with Crippen molar-refractivity contribution in [3.05, 3.63) is 0 Å². The molecule has 0 aromatic carbocycles. The minimum absolute atomic E-state index is 0.0169. The summed E-state index contributed by atoms with van der Waals surface area (Å²) in [4.78, 5) is 10.6. The normalized spacial score (nSPS) is 49.9. The average molecular weight is 355 g/mol. The van der Waals surface area contributed by atoms with Crippen molar-refractivity contribution in [2.45, 2.75) is 83.6 Å². The molecule has 138 valence electrons.